The van der Waals surface area contributed by atoms with E-state index < -0.39 is 0 Å². The first-order valence-electron chi connectivity index (χ1n) is 3.82. The molecule has 0 N–H and O–H groups in total. The molecule has 1 heteroatoms. The summed E-state index contributed by atoms with van der Waals surface area (Å²) in [4.78, 5) is 0. The van der Waals surface area contributed by atoms with Gasteiger partial charge in [0, 0.05) is 5.57 Å². The van der Waals surface area contributed by atoms with Crippen molar-refractivity contribution in [2.45, 2.75) is 20.8 Å². The minimum absolute atomic E-state index is 0.228. The predicted molar refractivity (Wildman–Crippen MR) is 47.6 cm³/mol. The fourth-order valence-electron chi connectivity index (χ4n) is 1.06. The maximum absolute atomic E-state index is 5.25. The highest BCUT2D eigenvalue weighted by molar-refractivity contribution is 5.77. The van der Waals surface area contributed by atoms with E-state index in [0.717, 1.165) is 6.54 Å². The molecule has 0 fully saturated rings. The maximum Gasteiger partial charge on any atom is 0.219 e. The van der Waals surface area contributed by atoms with Crippen molar-refractivity contribution in [1.29, 1.82) is 0 Å². The Kier molecular flexibility index (Phi) is 1.87. The van der Waals surface area contributed by atoms with Gasteiger partial charge in [-0.3, -0.25) is 0 Å². The smallest absolute Gasteiger partial charge is 0.146 e. The summed E-state index contributed by atoms with van der Waals surface area (Å²) in [6.45, 7) is 7.43. The van der Waals surface area contributed by atoms with Crippen LogP contribution in [-0.4, -0.2) is 17.3 Å². The highest BCUT2D eigenvalue weighted by Gasteiger charge is 2.22. The van der Waals surface area contributed by atoms with E-state index in [0.29, 0.717) is 0 Å². The average molecular weight is 148 g/mol. The van der Waals surface area contributed by atoms with Crippen LogP contribution in [0.2, 0.25) is 0 Å². The monoisotopic (exact) mass is 148 g/mol. The van der Waals surface area contributed by atoms with Gasteiger partial charge in [-0.05, 0) is 17.9 Å². The van der Waals surface area contributed by atoms with Gasteiger partial charge < -0.3 is 0 Å². The van der Waals surface area contributed by atoms with E-state index in [1.165, 1.54) is 5.57 Å². The Morgan fingerprint density at radius 1 is 1.55 bits per heavy atom. The lowest BCUT2D eigenvalue weighted by Crippen LogP contribution is -2.10. The van der Waals surface area contributed by atoms with Crippen molar-refractivity contribution in [3.05, 3.63) is 11.6 Å². The number of nitrogens with zero attached hydrogens (tertiary/aromatic N) is 1. The topological polar surface area (TPSA) is 3.01 Å². The molecule has 0 spiro atoms. The number of rotatable bonds is 0. The third kappa shape index (κ3) is 1.71. The van der Waals surface area contributed by atoms with Crippen molar-refractivity contribution in [3.63, 3.8) is 0 Å². The Balaban J connectivity index is 2.82. The minimum atomic E-state index is 0.228. The van der Waals surface area contributed by atoms with Crippen LogP contribution < -0.4 is 0 Å². The van der Waals surface area contributed by atoms with Gasteiger partial charge in [0.25, 0.3) is 0 Å². The first-order valence-corrected chi connectivity index (χ1v) is 3.82. The fraction of sp³-hybridized carbons (Fsp3) is 0.500. The molecule has 11 heavy (non-hydrogen) atoms. The molecule has 0 unspecified atom stereocenters. The highest BCUT2D eigenvalue weighted by atomic mass is 15.0. The summed E-state index contributed by atoms with van der Waals surface area (Å²) in [5, 5.41) is 0. The van der Waals surface area contributed by atoms with E-state index >= 15 is 0 Å². The molecular formula is C10H14N+. The van der Waals surface area contributed by atoms with Gasteiger partial charge in [0.2, 0.25) is 6.04 Å². The molecule has 0 saturated carbocycles. The summed E-state index contributed by atoms with van der Waals surface area (Å²) < 4.78 is 1.86. The Morgan fingerprint density at radius 3 is 2.45 bits per heavy atom. The van der Waals surface area contributed by atoms with Crippen LogP contribution in [0, 0.1) is 17.9 Å². The zero-order valence-corrected chi connectivity index (χ0v) is 7.39. The second kappa shape index (κ2) is 2.54. The largest absolute Gasteiger partial charge is 0.219 e. The van der Waals surface area contributed by atoms with Crippen LogP contribution in [0.25, 0.3) is 0 Å². The first kappa shape index (κ1) is 8.07. The fourth-order valence-corrected chi connectivity index (χ4v) is 1.06. The van der Waals surface area contributed by atoms with E-state index in [9.17, 15) is 0 Å². The minimum Gasteiger partial charge on any atom is -0.146 e. The molecule has 0 aromatic carbocycles. The van der Waals surface area contributed by atoms with Crippen LogP contribution in [0.5, 0.6) is 0 Å². The lowest BCUT2D eigenvalue weighted by molar-refractivity contribution is -0.413. The van der Waals surface area contributed by atoms with Gasteiger partial charge in [0.15, 0.2) is 12.8 Å². The van der Waals surface area contributed by atoms with Crippen LogP contribution in [-0.2, 0) is 0 Å². The normalized spacial score (nSPS) is 17.3. The lowest BCUT2D eigenvalue weighted by Gasteiger charge is -2.14. The molecule has 1 rings (SSSR count). The summed E-state index contributed by atoms with van der Waals surface area (Å²) in [6, 6.07) is 2.59. The van der Waals surface area contributed by atoms with Crippen LogP contribution in [0.3, 0.4) is 0 Å². The maximum atomic E-state index is 5.25. The number of allylic oxidation sites excluding steroid dienone is 1. The third-order valence-electron chi connectivity index (χ3n) is 1.83. The standard InChI is InChI=1S/C10H14N/c1-5-11-7-6-9(8-11)10(2,3)4/h1,6,8H,7H2,2-4H3/q+1. The first-order chi connectivity index (χ1) is 5.04. The second-order valence-corrected chi connectivity index (χ2v) is 3.82. The van der Waals surface area contributed by atoms with Gasteiger partial charge >= 0.3 is 0 Å². The zero-order chi connectivity index (χ0) is 8.48. The van der Waals surface area contributed by atoms with Crippen molar-refractivity contribution in [2.75, 3.05) is 6.54 Å². The quantitative estimate of drug-likeness (QED) is 0.363. The van der Waals surface area contributed by atoms with Crippen LogP contribution in [0.4, 0.5) is 0 Å². The number of hydrogen-bond acceptors (Lipinski definition) is 0. The summed E-state index contributed by atoms with van der Waals surface area (Å²) in [7, 11) is 0. The van der Waals surface area contributed by atoms with Gasteiger partial charge in [-0.2, -0.15) is 0 Å². The summed E-state index contributed by atoms with van der Waals surface area (Å²) >= 11 is 0. The number of hydrogen-bond donors (Lipinski definition) is 0. The van der Waals surface area contributed by atoms with Crippen molar-refractivity contribution in [1.82, 2.24) is 0 Å². The molecule has 0 bridgehead atoms. The molecular weight excluding hydrogens is 134 g/mol. The molecule has 58 valence electrons. The van der Waals surface area contributed by atoms with E-state index in [1.54, 1.807) is 0 Å². The molecule has 0 aliphatic carbocycles. The second-order valence-electron chi connectivity index (χ2n) is 3.82. The average Bonchev–Trinajstić information content (AvgIpc) is 2.32. The van der Waals surface area contributed by atoms with Gasteiger partial charge in [-0.25, -0.2) is 0 Å². The molecule has 0 aromatic heterocycles. The lowest BCUT2D eigenvalue weighted by atomic mass is 9.88. The van der Waals surface area contributed by atoms with Crippen LogP contribution >= 0.6 is 0 Å². The molecule has 1 nitrogen and oxygen atoms in total. The van der Waals surface area contributed by atoms with Gasteiger partial charge in [0.1, 0.15) is 0 Å². The molecule has 0 saturated heterocycles. The summed E-state index contributed by atoms with van der Waals surface area (Å²) in [5.41, 5.74) is 1.56. The highest BCUT2D eigenvalue weighted by Crippen LogP contribution is 2.24. The molecule has 1 aliphatic heterocycles. The van der Waals surface area contributed by atoms with Crippen LogP contribution in [0.15, 0.2) is 11.6 Å². The van der Waals surface area contributed by atoms with E-state index in [4.69, 9.17) is 6.42 Å². The summed E-state index contributed by atoms with van der Waals surface area (Å²) in [6.07, 6.45) is 9.47. The molecule has 0 radical (unpaired) electrons. The van der Waals surface area contributed by atoms with Crippen molar-refractivity contribution in [3.8, 4) is 12.5 Å². The summed E-state index contributed by atoms with van der Waals surface area (Å²) in [5.74, 6) is 0. The Labute approximate surface area is 68.4 Å². The number of terminal acetylenes is 1. The van der Waals surface area contributed by atoms with E-state index in [2.05, 4.69) is 32.9 Å². The van der Waals surface area contributed by atoms with Crippen molar-refractivity contribution in [2.24, 2.45) is 5.41 Å². The molecule has 0 aromatic rings. The SMILES string of the molecule is C#C[N+]1=CC(C(C)(C)C)=CC1. The van der Waals surface area contributed by atoms with Crippen molar-refractivity contribution < 1.29 is 4.58 Å². The van der Waals surface area contributed by atoms with Gasteiger partial charge in [-0.1, -0.05) is 20.8 Å². The van der Waals surface area contributed by atoms with Gasteiger partial charge in [-0.15, -0.1) is 4.58 Å². The Hall–Kier alpha value is -1.03. The Morgan fingerprint density at radius 2 is 2.18 bits per heavy atom. The molecule has 0 atom stereocenters. The van der Waals surface area contributed by atoms with E-state index in [1.807, 2.05) is 10.8 Å². The third-order valence-corrected chi connectivity index (χ3v) is 1.83. The molecule has 1 heterocycles. The predicted octanol–water partition coefficient (Wildman–Crippen LogP) is 1.65. The van der Waals surface area contributed by atoms with Crippen molar-refractivity contribution >= 4 is 6.21 Å². The van der Waals surface area contributed by atoms with Gasteiger partial charge in [0.05, 0.1) is 0 Å². The zero-order valence-electron chi connectivity index (χ0n) is 7.39. The van der Waals surface area contributed by atoms with Crippen LogP contribution in [0.1, 0.15) is 20.8 Å². The molecule has 0 amide bonds. The Bertz CT molecular complexity index is 256. The van der Waals surface area contributed by atoms with E-state index in [-0.39, 0.29) is 5.41 Å². The molecule has 1 aliphatic rings.